The fraction of sp³-hybridized carbons (Fsp3) is 0.688. The Bertz CT molecular complexity index is 1420. The van der Waals surface area contributed by atoms with Gasteiger partial charge in [0.1, 0.15) is 6.10 Å². The van der Waals surface area contributed by atoms with Crippen LogP contribution in [0.4, 0.5) is 0 Å². The molecule has 0 aromatic rings. The Morgan fingerprint density at radius 3 is 1.19 bits per heavy atom. The standard InChI is InChI=1S/C64H109NO5/c1-4-7-10-13-16-19-22-25-28-30-31-33-36-39-42-45-48-51-54-57-64(69)70-60(55-52-49-46-43-40-37-34-27-24-21-18-15-12-9-6-3)58-63(68)65-61(59-66)62(67)56-53-50-47-44-41-38-35-32-29-26-23-20-17-14-11-8-5-2/h7,10,16,18-19,21,25,27-28,31,33-34,39-40,42-43,48,51,60-62,66-67H,4-6,8-9,11-15,17,20,22-24,26,29-30,32,35-38,41,44-47,49-50,52-59H2,1-3H3,(H,65,68)/b10-7-,19-16-,21-18-,28-25-,33-31-,34-27-,42-39-,43-40-,51-48-. The van der Waals surface area contributed by atoms with Crippen molar-refractivity contribution >= 4 is 11.9 Å². The van der Waals surface area contributed by atoms with Crippen LogP contribution in [-0.2, 0) is 14.3 Å². The average Bonchev–Trinajstić information content (AvgIpc) is 3.35. The molecular weight excluding hydrogens is 863 g/mol. The van der Waals surface area contributed by atoms with E-state index in [0.29, 0.717) is 19.3 Å². The van der Waals surface area contributed by atoms with Crippen LogP contribution in [0.25, 0.3) is 0 Å². The second-order valence-electron chi connectivity index (χ2n) is 19.3. The molecule has 70 heavy (non-hydrogen) atoms. The molecule has 6 nitrogen and oxygen atoms in total. The second kappa shape index (κ2) is 56.4. The maximum Gasteiger partial charge on any atom is 0.306 e. The summed E-state index contributed by atoms with van der Waals surface area (Å²) in [6.07, 6.45) is 77.3. The number of hydrogen-bond acceptors (Lipinski definition) is 5. The molecule has 0 heterocycles. The van der Waals surface area contributed by atoms with Gasteiger partial charge < -0.3 is 20.3 Å². The predicted octanol–water partition coefficient (Wildman–Crippen LogP) is 18.2. The quantitative estimate of drug-likeness (QED) is 0.0321. The van der Waals surface area contributed by atoms with Crippen molar-refractivity contribution in [2.45, 2.75) is 277 Å². The van der Waals surface area contributed by atoms with Crippen molar-refractivity contribution in [3.63, 3.8) is 0 Å². The monoisotopic (exact) mass is 972 g/mol. The largest absolute Gasteiger partial charge is 0.462 e. The summed E-state index contributed by atoms with van der Waals surface area (Å²) >= 11 is 0. The van der Waals surface area contributed by atoms with E-state index in [9.17, 15) is 19.8 Å². The zero-order chi connectivity index (χ0) is 50.9. The molecule has 0 rings (SSSR count). The van der Waals surface area contributed by atoms with E-state index in [-0.39, 0.29) is 31.3 Å². The highest BCUT2D eigenvalue weighted by atomic mass is 16.5. The zero-order valence-electron chi connectivity index (χ0n) is 45.6. The minimum Gasteiger partial charge on any atom is -0.462 e. The molecule has 0 aromatic heterocycles. The number of esters is 1. The van der Waals surface area contributed by atoms with Crippen LogP contribution in [0, 0.1) is 0 Å². The smallest absolute Gasteiger partial charge is 0.306 e. The van der Waals surface area contributed by atoms with Gasteiger partial charge in [-0.1, -0.05) is 252 Å². The Balaban J connectivity index is 4.72. The van der Waals surface area contributed by atoms with Crippen LogP contribution < -0.4 is 5.32 Å². The highest BCUT2D eigenvalue weighted by molar-refractivity contribution is 5.77. The number of rotatable bonds is 51. The third kappa shape index (κ3) is 50.9. The van der Waals surface area contributed by atoms with E-state index in [1.54, 1.807) is 0 Å². The summed E-state index contributed by atoms with van der Waals surface area (Å²) in [5, 5.41) is 23.9. The Kier molecular flexibility index (Phi) is 53.6. The molecule has 0 aliphatic heterocycles. The van der Waals surface area contributed by atoms with Crippen LogP contribution >= 0.6 is 0 Å². The van der Waals surface area contributed by atoms with Crippen LogP contribution in [0.3, 0.4) is 0 Å². The van der Waals surface area contributed by atoms with Gasteiger partial charge >= 0.3 is 5.97 Å². The van der Waals surface area contributed by atoms with Gasteiger partial charge in [0.25, 0.3) is 0 Å². The summed E-state index contributed by atoms with van der Waals surface area (Å²) in [6, 6.07) is -0.737. The zero-order valence-corrected chi connectivity index (χ0v) is 45.6. The van der Waals surface area contributed by atoms with Crippen molar-refractivity contribution in [3.8, 4) is 0 Å². The molecule has 0 bridgehead atoms. The number of ether oxygens (including phenoxy) is 1. The predicted molar refractivity (Wildman–Crippen MR) is 305 cm³/mol. The van der Waals surface area contributed by atoms with Crippen molar-refractivity contribution in [1.82, 2.24) is 5.32 Å². The lowest BCUT2D eigenvalue weighted by Gasteiger charge is -2.24. The van der Waals surface area contributed by atoms with Gasteiger partial charge in [0.15, 0.2) is 0 Å². The highest BCUT2D eigenvalue weighted by Crippen LogP contribution is 2.17. The third-order valence-corrected chi connectivity index (χ3v) is 12.6. The molecule has 0 saturated carbocycles. The summed E-state index contributed by atoms with van der Waals surface area (Å²) < 4.78 is 5.90. The van der Waals surface area contributed by atoms with Crippen molar-refractivity contribution in [3.05, 3.63) is 109 Å². The number of nitrogens with one attached hydrogen (secondary N) is 1. The number of hydrogen-bond donors (Lipinski definition) is 3. The molecule has 0 spiro atoms. The van der Waals surface area contributed by atoms with Gasteiger partial charge in [-0.15, -0.1) is 0 Å². The molecule has 3 atom stereocenters. The Morgan fingerprint density at radius 2 is 0.771 bits per heavy atom. The second-order valence-corrected chi connectivity index (χ2v) is 19.3. The van der Waals surface area contributed by atoms with E-state index >= 15 is 0 Å². The topological polar surface area (TPSA) is 95.9 Å². The maximum absolute atomic E-state index is 13.3. The van der Waals surface area contributed by atoms with Crippen LogP contribution in [0.1, 0.15) is 258 Å². The van der Waals surface area contributed by atoms with Crippen LogP contribution in [0.15, 0.2) is 109 Å². The van der Waals surface area contributed by atoms with E-state index in [1.165, 1.54) is 116 Å². The van der Waals surface area contributed by atoms with E-state index in [2.05, 4.69) is 129 Å². The normalized spacial score (nSPS) is 14.0. The number of amides is 1. The third-order valence-electron chi connectivity index (χ3n) is 12.6. The molecule has 0 saturated heterocycles. The number of carbonyl (C=O) groups is 2. The van der Waals surface area contributed by atoms with Gasteiger partial charge in [-0.05, 0) is 103 Å². The van der Waals surface area contributed by atoms with Crippen molar-refractivity contribution < 1.29 is 24.5 Å². The summed E-state index contributed by atoms with van der Waals surface area (Å²) in [4.78, 5) is 26.2. The molecule has 0 aliphatic rings. The van der Waals surface area contributed by atoms with E-state index in [4.69, 9.17) is 4.74 Å². The lowest BCUT2D eigenvalue weighted by molar-refractivity contribution is -0.150. The molecule has 0 radical (unpaired) electrons. The SMILES string of the molecule is CC/C=C\C/C=C\C/C=C\C/C=C\C/C=C\C/C=C\CCC(=O)OC(CCCC/C=C\C/C=C\C/C=C\CCCCC)CC(=O)NC(CO)C(O)CCCCCCCCCCCCCCCCCCC. The molecule has 0 aliphatic carbocycles. The van der Waals surface area contributed by atoms with Crippen LogP contribution in [0.5, 0.6) is 0 Å². The van der Waals surface area contributed by atoms with E-state index < -0.39 is 18.2 Å². The van der Waals surface area contributed by atoms with E-state index in [1.807, 2.05) is 6.08 Å². The molecule has 1 amide bonds. The molecule has 6 heteroatoms. The highest BCUT2D eigenvalue weighted by Gasteiger charge is 2.24. The number of carbonyl (C=O) groups excluding carboxylic acids is 2. The lowest BCUT2D eigenvalue weighted by atomic mass is 10.0. The summed E-state index contributed by atoms with van der Waals surface area (Å²) in [6.45, 7) is 6.33. The number of aliphatic hydroxyl groups excluding tert-OH is 2. The molecular formula is C64H109NO5. The number of unbranched alkanes of at least 4 members (excludes halogenated alkanes) is 21. The summed E-state index contributed by atoms with van der Waals surface area (Å²) in [5.41, 5.74) is 0. The van der Waals surface area contributed by atoms with Crippen LogP contribution in [0.2, 0.25) is 0 Å². The summed E-state index contributed by atoms with van der Waals surface area (Å²) in [7, 11) is 0. The molecule has 0 aromatic carbocycles. The average molecular weight is 973 g/mol. The number of allylic oxidation sites excluding steroid dienone is 18. The van der Waals surface area contributed by atoms with Crippen LogP contribution in [-0.4, -0.2) is 46.9 Å². The van der Waals surface area contributed by atoms with Crippen molar-refractivity contribution in [2.75, 3.05) is 6.61 Å². The minimum absolute atomic E-state index is 0.0156. The fourth-order valence-electron chi connectivity index (χ4n) is 8.23. The maximum atomic E-state index is 13.3. The molecule has 0 fully saturated rings. The number of aliphatic hydroxyl groups is 2. The lowest BCUT2D eigenvalue weighted by Crippen LogP contribution is -2.46. The van der Waals surface area contributed by atoms with Crippen molar-refractivity contribution in [1.29, 1.82) is 0 Å². The minimum atomic E-state index is -0.818. The van der Waals surface area contributed by atoms with Gasteiger partial charge in [-0.3, -0.25) is 9.59 Å². The Hall–Kier alpha value is -3.48. The van der Waals surface area contributed by atoms with Gasteiger partial charge in [-0.25, -0.2) is 0 Å². The molecule has 3 N–H and O–H groups in total. The summed E-state index contributed by atoms with van der Waals surface area (Å²) in [5.74, 6) is -0.616. The molecule has 3 unspecified atom stereocenters. The van der Waals surface area contributed by atoms with Gasteiger partial charge in [-0.2, -0.15) is 0 Å². The first-order valence-corrected chi connectivity index (χ1v) is 29.1. The molecule has 400 valence electrons. The first-order valence-electron chi connectivity index (χ1n) is 29.1. The Morgan fingerprint density at radius 1 is 0.429 bits per heavy atom. The van der Waals surface area contributed by atoms with Crippen molar-refractivity contribution in [2.24, 2.45) is 0 Å². The van der Waals surface area contributed by atoms with Gasteiger partial charge in [0.2, 0.25) is 5.91 Å². The Labute approximate surface area is 432 Å². The van der Waals surface area contributed by atoms with E-state index in [0.717, 1.165) is 89.9 Å². The first kappa shape index (κ1) is 66.5. The van der Waals surface area contributed by atoms with Gasteiger partial charge in [0, 0.05) is 6.42 Å². The van der Waals surface area contributed by atoms with Gasteiger partial charge in [0.05, 0.1) is 25.2 Å². The fourth-order valence-corrected chi connectivity index (χ4v) is 8.23. The first-order chi connectivity index (χ1) is 34.5.